The van der Waals surface area contributed by atoms with E-state index in [1.54, 1.807) is 36.0 Å². The highest BCUT2D eigenvalue weighted by Crippen LogP contribution is 2.24. The molecule has 0 atom stereocenters. The lowest BCUT2D eigenvalue weighted by Crippen LogP contribution is -2.24. The second kappa shape index (κ2) is 7.78. The molecule has 2 heterocycles. The van der Waals surface area contributed by atoms with Crippen LogP contribution in [-0.2, 0) is 13.2 Å². The molecule has 3 rings (SSSR count). The smallest absolute Gasteiger partial charge is 0.269 e. The largest absolute Gasteiger partial charge is 0.487 e. The average molecular weight is 421 g/mol. The molecule has 0 spiro atoms. The molecule has 0 aliphatic heterocycles. The van der Waals surface area contributed by atoms with Gasteiger partial charge in [0, 0.05) is 24.2 Å². The Hall–Kier alpha value is -2.54. The van der Waals surface area contributed by atoms with Crippen molar-refractivity contribution in [1.29, 1.82) is 0 Å². The maximum atomic E-state index is 13.7. The Morgan fingerprint density at radius 2 is 1.92 bits per heavy atom. The van der Waals surface area contributed by atoms with Crippen LogP contribution in [0.3, 0.4) is 0 Å². The second-order valence-corrected chi connectivity index (χ2v) is 6.50. The summed E-state index contributed by atoms with van der Waals surface area (Å²) in [5.41, 5.74) is 1.06. The van der Waals surface area contributed by atoms with E-state index in [2.05, 4.69) is 20.9 Å². The highest BCUT2D eigenvalue weighted by molar-refractivity contribution is 9.10. The van der Waals surface area contributed by atoms with Gasteiger partial charge in [0.15, 0.2) is 0 Å². The van der Waals surface area contributed by atoms with Crippen molar-refractivity contribution < 1.29 is 13.5 Å². The number of rotatable bonds is 5. The molecule has 0 aliphatic carbocycles. The minimum Gasteiger partial charge on any atom is -0.487 e. The molecular formula is C19H15BrF2N2O2. The summed E-state index contributed by atoms with van der Waals surface area (Å²) in [5, 5.41) is 0. The zero-order valence-corrected chi connectivity index (χ0v) is 15.5. The third kappa shape index (κ3) is 3.83. The summed E-state index contributed by atoms with van der Waals surface area (Å²) in [5.74, 6) is -1.15. The van der Waals surface area contributed by atoms with Gasteiger partial charge < -0.3 is 9.30 Å². The van der Waals surface area contributed by atoms with Crippen molar-refractivity contribution in [2.75, 3.05) is 0 Å². The van der Waals surface area contributed by atoms with Crippen LogP contribution in [0.25, 0.3) is 0 Å². The number of halogens is 3. The summed E-state index contributed by atoms with van der Waals surface area (Å²) in [6.45, 7) is 1.81. The van der Waals surface area contributed by atoms with E-state index in [4.69, 9.17) is 4.74 Å². The van der Waals surface area contributed by atoms with Gasteiger partial charge in [-0.1, -0.05) is 12.1 Å². The number of aryl methyl sites for hydroxylation is 1. The van der Waals surface area contributed by atoms with Gasteiger partial charge in [0.25, 0.3) is 5.56 Å². The number of hydrogen-bond acceptors (Lipinski definition) is 3. The molecule has 0 bridgehead atoms. The number of hydrogen-bond donors (Lipinski definition) is 0. The van der Waals surface area contributed by atoms with Gasteiger partial charge in [-0.05, 0) is 46.6 Å². The van der Waals surface area contributed by atoms with E-state index >= 15 is 0 Å². The molecule has 0 aliphatic rings. The molecular weight excluding hydrogens is 406 g/mol. The summed E-state index contributed by atoms with van der Waals surface area (Å²) in [4.78, 5) is 16.7. The lowest BCUT2D eigenvalue weighted by molar-refractivity contribution is 0.289. The fourth-order valence-corrected chi connectivity index (χ4v) is 2.95. The molecule has 2 aromatic heterocycles. The Bertz CT molecular complexity index is 971. The third-order valence-corrected chi connectivity index (χ3v) is 4.64. The van der Waals surface area contributed by atoms with Crippen LogP contribution in [0, 0.1) is 18.6 Å². The first-order valence-corrected chi connectivity index (χ1v) is 8.61. The van der Waals surface area contributed by atoms with Crippen LogP contribution in [0.15, 0.2) is 58.1 Å². The maximum Gasteiger partial charge on any atom is 0.269 e. The fraction of sp³-hybridized carbons (Fsp3) is 0.158. The molecule has 0 fully saturated rings. The quantitative estimate of drug-likeness (QED) is 0.620. The van der Waals surface area contributed by atoms with E-state index in [1.807, 2.05) is 6.07 Å². The fourth-order valence-electron chi connectivity index (χ4n) is 2.51. The zero-order valence-electron chi connectivity index (χ0n) is 13.9. The van der Waals surface area contributed by atoms with E-state index in [9.17, 15) is 13.6 Å². The maximum absolute atomic E-state index is 13.7. The van der Waals surface area contributed by atoms with Gasteiger partial charge in [0.05, 0.1) is 12.1 Å². The van der Waals surface area contributed by atoms with Gasteiger partial charge in [-0.2, -0.15) is 0 Å². The SMILES string of the molecule is Cc1cc(OCc2c(F)cccc2F)c(Br)c(=O)n1Cc1cccnc1. The first-order valence-electron chi connectivity index (χ1n) is 7.82. The minimum absolute atomic E-state index is 0.184. The van der Waals surface area contributed by atoms with E-state index in [-0.39, 0.29) is 28.0 Å². The van der Waals surface area contributed by atoms with Crippen molar-refractivity contribution in [2.24, 2.45) is 0 Å². The standard InChI is InChI=1S/C19H15BrF2N2O2/c1-12-8-17(26-11-14-15(21)5-2-6-16(14)22)18(20)19(25)24(12)10-13-4-3-7-23-9-13/h2-9H,10-11H2,1H3. The zero-order chi connectivity index (χ0) is 18.7. The summed E-state index contributed by atoms with van der Waals surface area (Å²) in [7, 11) is 0. The van der Waals surface area contributed by atoms with Gasteiger partial charge in [-0.25, -0.2) is 8.78 Å². The Morgan fingerprint density at radius 3 is 2.58 bits per heavy atom. The van der Waals surface area contributed by atoms with Crippen molar-refractivity contribution in [2.45, 2.75) is 20.1 Å². The first-order chi connectivity index (χ1) is 12.5. The lowest BCUT2D eigenvalue weighted by atomic mass is 10.2. The lowest BCUT2D eigenvalue weighted by Gasteiger charge is -2.15. The van der Waals surface area contributed by atoms with Crippen LogP contribution in [0.2, 0.25) is 0 Å². The van der Waals surface area contributed by atoms with Crippen LogP contribution < -0.4 is 10.3 Å². The van der Waals surface area contributed by atoms with Gasteiger partial charge in [-0.15, -0.1) is 0 Å². The Balaban J connectivity index is 1.87. The molecule has 0 radical (unpaired) electrons. The molecule has 1 aromatic carbocycles. The predicted molar refractivity (Wildman–Crippen MR) is 97.2 cm³/mol. The van der Waals surface area contributed by atoms with Crippen LogP contribution in [-0.4, -0.2) is 9.55 Å². The molecule has 134 valence electrons. The monoisotopic (exact) mass is 420 g/mol. The van der Waals surface area contributed by atoms with E-state index in [1.165, 1.54) is 6.07 Å². The predicted octanol–water partition coefficient (Wildman–Crippen LogP) is 4.22. The highest BCUT2D eigenvalue weighted by atomic mass is 79.9. The molecule has 7 heteroatoms. The van der Waals surface area contributed by atoms with E-state index in [0.717, 1.165) is 17.7 Å². The number of benzene rings is 1. The Morgan fingerprint density at radius 1 is 1.19 bits per heavy atom. The first kappa shape index (κ1) is 18.3. The van der Waals surface area contributed by atoms with Crippen molar-refractivity contribution >= 4 is 15.9 Å². The number of nitrogens with zero attached hydrogens (tertiary/aromatic N) is 2. The van der Waals surface area contributed by atoms with Crippen molar-refractivity contribution in [3.63, 3.8) is 0 Å². The van der Waals surface area contributed by atoms with Crippen molar-refractivity contribution in [3.05, 3.63) is 92.1 Å². The summed E-state index contributed by atoms with van der Waals surface area (Å²) < 4.78 is 34.7. The van der Waals surface area contributed by atoms with Gasteiger partial charge >= 0.3 is 0 Å². The summed E-state index contributed by atoms with van der Waals surface area (Å²) >= 11 is 3.23. The average Bonchev–Trinajstić information content (AvgIpc) is 2.63. The van der Waals surface area contributed by atoms with Crippen LogP contribution >= 0.6 is 15.9 Å². The number of pyridine rings is 2. The molecule has 0 saturated carbocycles. The van der Waals surface area contributed by atoms with Crippen molar-refractivity contribution in [3.8, 4) is 5.75 Å². The number of aromatic nitrogens is 2. The minimum atomic E-state index is -0.692. The third-order valence-electron chi connectivity index (χ3n) is 3.91. The van der Waals surface area contributed by atoms with Gasteiger partial charge in [0.1, 0.15) is 28.5 Å². The normalized spacial score (nSPS) is 10.8. The summed E-state index contributed by atoms with van der Waals surface area (Å²) in [6, 6.07) is 8.93. The molecule has 0 N–H and O–H groups in total. The van der Waals surface area contributed by atoms with Gasteiger partial charge in [-0.3, -0.25) is 9.78 Å². The van der Waals surface area contributed by atoms with E-state index < -0.39 is 11.6 Å². The summed E-state index contributed by atoms with van der Waals surface area (Å²) in [6.07, 6.45) is 3.35. The highest BCUT2D eigenvalue weighted by Gasteiger charge is 2.15. The van der Waals surface area contributed by atoms with Crippen LogP contribution in [0.4, 0.5) is 8.78 Å². The number of ether oxygens (including phenoxy) is 1. The topological polar surface area (TPSA) is 44.1 Å². The van der Waals surface area contributed by atoms with Crippen LogP contribution in [0.1, 0.15) is 16.8 Å². The van der Waals surface area contributed by atoms with E-state index in [0.29, 0.717) is 12.2 Å². The molecule has 26 heavy (non-hydrogen) atoms. The van der Waals surface area contributed by atoms with Gasteiger partial charge in [0.2, 0.25) is 0 Å². The second-order valence-electron chi connectivity index (χ2n) is 5.71. The molecule has 0 unspecified atom stereocenters. The van der Waals surface area contributed by atoms with Crippen molar-refractivity contribution in [1.82, 2.24) is 9.55 Å². The molecule has 0 amide bonds. The molecule has 4 nitrogen and oxygen atoms in total. The van der Waals surface area contributed by atoms with Crippen LogP contribution in [0.5, 0.6) is 5.75 Å². The Kier molecular flexibility index (Phi) is 5.46. The molecule has 0 saturated heterocycles. The Labute approximate surface area is 157 Å². The molecule has 3 aromatic rings.